The van der Waals surface area contributed by atoms with Crippen LogP contribution < -0.4 is 9.47 Å². The molecule has 0 unspecified atom stereocenters. The first-order valence-electron chi connectivity index (χ1n) is 12.5. The van der Waals surface area contributed by atoms with E-state index in [1.807, 2.05) is 32.0 Å². The minimum Gasteiger partial charge on any atom is -0.490 e. The third kappa shape index (κ3) is 6.06. The summed E-state index contributed by atoms with van der Waals surface area (Å²) in [5, 5.41) is 0. The molecule has 1 heterocycles. The fourth-order valence-corrected chi connectivity index (χ4v) is 4.85. The number of hydrogen-bond donors (Lipinski definition) is 0. The van der Waals surface area contributed by atoms with Crippen molar-refractivity contribution in [1.29, 1.82) is 0 Å². The first-order valence-corrected chi connectivity index (χ1v) is 12.5. The molecular formula is C26H38N2O5. The van der Waals surface area contributed by atoms with Gasteiger partial charge in [0.1, 0.15) is 0 Å². The first kappa shape index (κ1) is 25.1. The Kier molecular flexibility index (Phi) is 9.15. The van der Waals surface area contributed by atoms with Crippen molar-refractivity contribution in [3.8, 4) is 11.5 Å². The lowest BCUT2D eigenvalue weighted by atomic mass is 9.81. The van der Waals surface area contributed by atoms with Crippen LogP contribution in [0.1, 0.15) is 71.3 Å². The smallest absolute Gasteiger partial charge is 0.233 e. The predicted molar refractivity (Wildman–Crippen MR) is 126 cm³/mol. The Hall–Kier alpha value is -2.57. The molecule has 7 nitrogen and oxygen atoms in total. The van der Waals surface area contributed by atoms with Crippen LogP contribution in [-0.2, 0) is 20.9 Å². The van der Waals surface area contributed by atoms with Crippen molar-refractivity contribution in [2.24, 2.45) is 11.8 Å². The molecule has 1 aromatic rings. The van der Waals surface area contributed by atoms with Crippen LogP contribution in [0.2, 0.25) is 0 Å². The van der Waals surface area contributed by atoms with E-state index in [0.717, 1.165) is 44.1 Å². The summed E-state index contributed by atoms with van der Waals surface area (Å²) in [4.78, 5) is 41.6. The van der Waals surface area contributed by atoms with Crippen LogP contribution in [0.5, 0.6) is 11.5 Å². The molecule has 1 aliphatic carbocycles. The Morgan fingerprint density at radius 1 is 1.00 bits per heavy atom. The van der Waals surface area contributed by atoms with Gasteiger partial charge in [0.25, 0.3) is 0 Å². The molecule has 0 spiro atoms. The summed E-state index contributed by atoms with van der Waals surface area (Å²) >= 11 is 0. The minimum absolute atomic E-state index is 0.0448. The molecule has 2 fully saturated rings. The maximum atomic E-state index is 13.1. The number of fused-ring (bicyclic) bond motifs is 1. The zero-order valence-electron chi connectivity index (χ0n) is 20.3. The van der Waals surface area contributed by atoms with Crippen LogP contribution in [0.4, 0.5) is 0 Å². The maximum absolute atomic E-state index is 13.1. The molecule has 0 radical (unpaired) electrons. The average Bonchev–Trinajstić information content (AvgIpc) is 3.06. The second kappa shape index (κ2) is 12.1. The molecule has 2 atom stereocenters. The lowest BCUT2D eigenvalue weighted by molar-refractivity contribution is -0.141. The highest BCUT2D eigenvalue weighted by molar-refractivity contribution is 6.05. The van der Waals surface area contributed by atoms with Gasteiger partial charge in [-0.05, 0) is 50.3 Å². The van der Waals surface area contributed by atoms with Gasteiger partial charge in [-0.1, -0.05) is 32.8 Å². The van der Waals surface area contributed by atoms with Crippen LogP contribution in [-0.4, -0.2) is 53.8 Å². The van der Waals surface area contributed by atoms with Gasteiger partial charge in [-0.3, -0.25) is 19.3 Å². The highest BCUT2D eigenvalue weighted by Crippen LogP contribution is 2.38. The van der Waals surface area contributed by atoms with E-state index in [2.05, 4.69) is 6.92 Å². The van der Waals surface area contributed by atoms with Crippen molar-refractivity contribution >= 4 is 17.7 Å². The molecule has 3 rings (SSSR count). The Bertz CT molecular complexity index is 816. The number of carbonyl (C=O) groups excluding carboxylic acids is 3. The van der Waals surface area contributed by atoms with Gasteiger partial charge in [0, 0.05) is 26.1 Å². The van der Waals surface area contributed by atoms with Gasteiger partial charge in [0.15, 0.2) is 11.5 Å². The number of amides is 3. The zero-order valence-corrected chi connectivity index (χ0v) is 20.3. The standard InChI is InChI=1S/C26H38N2O5/c1-4-14-27(18-19-11-12-22(33-16-5-2)23(17-19)32-6-3)24(29)13-15-28-25(30)20-9-7-8-10-21(20)26(28)31/h11-12,17,20-21H,4-10,13-16,18H2,1-3H3/t20-,21-/m0/s1. The summed E-state index contributed by atoms with van der Waals surface area (Å²) in [6.07, 6.45) is 5.49. The largest absolute Gasteiger partial charge is 0.490 e. The summed E-state index contributed by atoms with van der Waals surface area (Å²) in [5.74, 6) is 0.854. The van der Waals surface area contributed by atoms with Crippen molar-refractivity contribution in [1.82, 2.24) is 9.80 Å². The molecular weight excluding hydrogens is 420 g/mol. The van der Waals surface area contributed by atoms with Gasteiger partial charge in [-0.15, -0.1) is 0 Å². The summed E-state index contributed by atoms with van der Waals surface area (Å²) in [6, 6.07) is 5.79. The Balaban J connectivity index is 1.63. The van der Waals surface area contributed by atoms with Crippen LogP contribution >= 0.6 is 0 Å². The van der Waals surface area contributed by atoms with Crippen LogP contribution in [0.25, 0.3) is 0 Å². The van der Waals surface area contributed by atoms with E-state index in [9.17, 15) is 14.4 Å². The molecule has 0 aromatic heterocycles. The van der Waals surface area contributed by atoms with Gasteiger partial charge in [-0.2, -0.15) is 0 Å². The third-order valence-corrected chi connectivity index (χ3v) is 6.47. The quantitative estimate of drug-likeness (QED) is 0.439. The average molecular weight is 459 g/mol. The van der Waals surface area contributed by atoms with Crippen molar-refractivity contribution in [2.75, 3.05) is 26.3 Å². The number of likely N-dealkylation sites (tertiary alicyclic amines) is 1. The van der Waals surface area contributed by atoms with Gasteiger partial charge in [0.05, 0.1) is 25.0 Å². The van der Waals surface area contributed by atoms with Crippen LogP contribution in [0, 0.1) is 11.8 Å². The number of nitrogens with zero attached hydrogens (tertiary/aromatic N) is 2. The Morgan fingerprint density at radius 2 is 1.70 bits per heavy atom. The fourth-order valence-electron chi connectivity index (χ4n) is 4.85. The topological polar surface area (TPSA) is 76.2 Å². The minimum atomic E-state index is -0.168. The van der Waals surface area contributed by atoms with Gasteiger partial charge in [0.2, 0.25) is 17.7 Å². The van der Waals surface area contributed by atoms with E-state index < -0.39 is 0 Å². The fraction of sp³-hybridized carbons (Fsp3) is 0.654. The number of ether oxygens (including phenoxy) is 2. The molecule has 7 heteroatoms. The van der Waals surface area contributed by atoms with E-state index in [4.69, 9.17) is 9.47 Å². The number of carbonyl (C=O) groups is 3. The lowest BCUT2D eigenvalue weighted by Gasteiger charge is -2.24. The van der Waals surface area contributed by atoms with Gasteiger partial charge < -0.3 is 14.4 Å². The predicted octanol–water partition coefficient (Wildman–Crippen LogP) is 4.18. The molecule has 1 aliphatic heterocycles. The summed E-state index contributed by atoms with van der Waals surface area (Å²) < 4.78 is 11.5. The zero-order chi connectivity index (χ0) is 23.8. The number of benzene rings is 1. The van der Waals surface area contributed by atoms with Crippen molar-refractivity contribution in [3.63, 3.8) is 0 Å². The Labute approximate surface area is 197 Å². The van der Waals surface area contributed by atoms with Crippen molar-refractivity contribution in [2.45, 2.75) is 72.3 Å². The first-order chi connectivity index (χ1) is 16.0. The van der Waals surface area contributed by atoms with E-state index in [-0.39, 0.29) is 42.5 Å². The molecule has 1 saturated carbocycles. The molecule has 33 heavy (non-hydrogen) atoms. The van der Waals surface area contributed by atoms with E-state index in [0.29, 0.717) is 37.8 Å². The highest BCUT2D eigenvalue weighted by atomic mass is 16.5. The second-order valence-corrected chi connectivity index (χ2v) is 8.95. The SMILES string of the molecule is CCCOc1ccc(CN(CCC)C(=O)CCN2C(=O)[C@H]3CCCC[C@@H]3C2=O)cc1OCC. The number of rotatable bonds is 12. The molecule has 0 bridgehead atoms. The number of imide groups is 1. The Morgan fingerprint density at radius 3 is 2.30 bits per heavy atom. The van der Waals surface area contributed by atoms with E-state index >= 15 is 0 Å². The normalized spacial score (nSPS) is 20.0. The van der Waals surface area contributed by atoms with Crippen molar-refractivity contribution in [3.05, 3.63) is 23.8 Å². The molecule has 182 valence electrons. The summed E-state index contributed by atoms with van der Waals surface area (Å²) in [7, 11) is 0. The van der Waals surface area contributed by atoms with E-state index in [1.165, 1.54) is 4.90 Å². The molecule has 3 amide bonds. The maximum Gasteiger partial charge on any atom is 0.233 e. The molecule has 1 saturated heterocycles. The van der Waals surface area contributed by atoms with Gasteiger partial charge in [-0.25, -0.2) is 0 Å². The highest BCUT2D eigenvalue weighted by Gasteiger charge is 2.47. The van der Waals surface area contributed by atoms with Gasteiger partial charge >= 0.3 is 0 Å². The van der Waals surface area contributed by atoms with Crippen molar-refractivity contribution < 1.29 is 23.9 Å². The summed E-state index contributed by atoms with van der Waals surface area (Å²) in [5.41, 5.74) is 0.962. The lowest BCUT2D eigenvalue weighted by Crippen LogP contribution is -2.37. The third-order valence-electron chi connectivity index (χ3n) is 6.47. The monoisotopic (exact) mass is 458 g/mol. The van der Waals surface area contributed by atoms with Crippen LogP contribution in [0.3, 0.4) is 0 Å². The second-order valence-electron chi connectivity index (χ2n) is 8.95. The number of hydrogen-bond acceptors (Lipinski definition) is 5. The van der Waals surface area contributed by atoms with E-state index in [1.54, 1.807) is 4.90 Å². The molecule has 0 N–H and O–H groups in total. The summed E-state index contributed by atoms with van der Waals surface area (Å²) in [6.45, 7) is 8.42. The molecule has 1 aromatic carbocycles. The molecule has 2 aliphatic rings. The van der Waals surface area contributed by atoms with Crippen LogP contribution in [0.15, 0.2) is 18.2 Å².